The second kappa shape index (κ2) is 3.15. The summed E-state index contributed by atoms with van der Waals surface area (Å²) in [5, 5.41) is 0. The quantitative estimate of drug-likeness (QED) is 0.511. The van der Waals surface area contributed by atoms with Crippen LogP contribution in [0.3, 0.4) is 0 Å². The van der Waals surface area contributed by atoms with Gasteiger partial charge in [0.1, 0.15) is 0 Å². The Labute approximate surface area is 57.0 Å². The molecule has 0 unspecified atom stereocenters. The summed E-state index contributed by atoms with van der Waals surface area (Å²) in [6.45, 7) is 2.78. The molecule has 0 saturated heterocycles. The van der Waals surface area contributed by atoms with Crippen LogP contribution in [0.25, 0.3) is 0 Å². The van der Waals surface area contributed by atoms with Crippen LogP contribution in [0.5, 0.6) is 0 Å². The highest BCUT2D eigenvalue weighted by Crippen LogP contribution is 1.95. The Hall–Kier alpha value is -0.120. The number of rotatable bonds is 3. The van der Waals surface area contributed by atoms with Crippen molar-refractivity contribution in [2.75, 3.05) is 20.6 Å². The van der Waals surface area contributed by atoms with Gasteiger partial charge in [0, 0.05) is 6.54 Å². The van der Waals surface area contributed by atoms with E-state index in [9.17, 15) is 0 Å². The van der Waals surface area contributed by atoms with Crippen LogP contribution >= 0.6 is 0 Å². The van der Waals surface area contributed by atoms with E-state index in [1.54, 1.807) is 0 Å². The van der Waals surface area contributed by atoms with Gasteiger partial charge in [0.15, 0.2) is 0 Å². The van der Waals surface area contributed by atoms with E-state index in [0.717, 1.165) is 13.0 Å². The Bertz CT molecular complexity index is 72.9. The van der Waals surface area contributed by atoms with Crippen LogP contribution < -0.4 is 11.5 Å². The van der Waals surface area contributed by atoms with Crippen LogP contribution in [0.15, 0.2) is 0 Å². The predicted octanol–water partition coefficient (Wildman–Crippen LogP) is -0.428. The maximum atomic E-state index is 5.53. The molecule has 56 valence electrons. The summed E-state index contributed by atoms with van der Waals surface area (Å²) in [5.74, 6) is 0. The summed E-state index contributed by atoms with van der Waals surface area (Å²) in [4.78, 5) is 2.07. The van der Waals surface area contributed by atoms with Gasteiger partial charge in [-0.25, -0.2) is 0 Å². The molecule has 0 spiro atoms. The lowest BCUT2D eigenvalue weighted by atomic mass is 10.1. The molecule has 0 aliphatic carbocycles. The molecule has 0 aromatic carbocycles. The minimum atomic E-state index is -0.510. The summed E-state index contributed by atoms with van der Waals surface area (Å²) in [7, 11) is 4.01. The monoisotopic (exact) mass is 131 g/mol. The van der Waals surface area contributed by atoms with E-state index in [0.29, 0.717) is 0 Å². The second-order valence-corrected chi connectivity index (χ2v) is 3.06. The molecule has 0 bridgehead atoms. The molecule has 0 aliphatic rings. The van der Waals surface area contributed by atoms with Crippen molar-refractivity contribution in [3.05, 3.63) is 0 Å². The van der Waals surface area contributed by atoms with Crippen molar-refractivity contribution in [1.82, 2.24) is 4.90 Å². The van der Waals surface area contributed by atoms with Crippen molar-refractivity contribution in [2.24, 2.45) is 11.5 Å². The second-order valence-electron chi connectivity index (χ2n) is 3.06. The van der Waals surface area contributed by atoms with Gasteiger partial charge in [0.2, 0.25) is 0 Å². The molecule has 3 nitrogen and oxygen atoms in total. The van der Waals surface area contributed by atoms with E-state index in [1.165, 1.54) is 0 Å². The van der Waals surface area contributed by atoms with Gasteiger partial charge >= 0.3 is 0 Å². The van der Waals surface area contributed by atoms with E-state index < -0.39 is 5.66 Å². The van der Waals surface area contributed by atoms with Crippen molar-refractivity contribution >= 4 is 0 Å². The highest BCUT2D eigenvalue weighted by Gasteiger charge is 2.09. The fraction of sp³-hybridized carbons (Fsp3) is 1.00. The third kappa shape index (κ3) is 7.88. The molecule has 0 aliphatic heterocycles. The Morgan fingerprint density at radius 3 is 1.89 bits per heavy atom. The first-order valence-corrected chi connectivity index (χ1v) is 3.14. The van der Waals surface area contributed by atoms with Crippen LogP contribution in [-0.2, 0) is 0 Å². The van der Waals surface area contributed by atoms with Crippen LogP contribution in [-0.4, -0.2) is 31.2 Å². The first-order valence-electron chi connectivity index (χ1n) is 3.14. The fourth-order valence-electron chi connectivity index (χ4n) is 0.465. The van der Waals surface area contributed by atoms with Gasteiger partial charge in [0.05, 0.1) is 5.66 Å². The SMILES string of the molecule is CN(C)CCC(C)(N)N. The predicted molar refractivity (Wildman–Crippen MR) is 40.0 cm³/mol. The number of hydrogen-bond acceptors (Lipinski definition) is 3. The molecule has 0 aromatic heterocycles. The maximum Gasteiger partial charge on any atom is 0.0619 e. The Morgan fingerprint density at radius 1 is 1.33 bits per heavy atom. The zero-order valence-electron chi connectivity index (χ0n) is 6.52. The van der Waals surface area contributed by atoms with Crippen LogP contribution in [0.1, 0.15) is 13.3 Å². The largest absolute Gasteiger partial charge is 0.314 e. The summed E-state index contributed by atoms with van der Waals surface area (Å²) >= 11 is 0. The molecule has 0 radical (unpaired) electrons. The molecule has 0 fully saturated rings. The summed E-state index contributed by atoms with van der Waals surface area (Å²) in [6.07, 6.45) is 0.833. The first kappa shape index (κ1) is 8.88. The molecular weight excluding hydrogens is 114 g/mol. The van der Waals surface area contributed by atoms with Gasteiger partial charge in [-0.2, -0.15) is 0 Å². The molecule has 0 atom stereocenters. The maximum absolute atomic E-state index is 5.53. The van der Waals surface area contributed by atoms with Crippen LogP contribution in [0, 0.1) is 0 Å². The van der Waals surface area contributed by atoms with Crippen molar-refractivity contribution in [3.63, 3.8) is 0 Å². The minimum absolute atomic E-state index is 0.510. The van der Waals surface area contributed by atoms with E-state index in [1.807, 2.05) is 21.0 Å². The molecule has 0 amide bonds. The number of nitrogens with zero attached hydrogens (tertiary/aromatic N) is 1. The van der Waals surface area contributed by atoms with Crippen molar-refractivity contribution in [3.8, 4) is 0 Å². The lowest BCUT2D eigenvalue weighted by Crippen LogP contribution is -2.47. The minimum Gasteiger partial charge on any atom is -0.314 e. The van der Waals surface area contributed by atoms with E-state index in [4.69, 9.17) is 11.5 Å². The van der Waals surface area contributed by atoms with E-state index in [2.05, 4.69) is 4.90 Å². The van der Waals surface area contributed by atoms with Gasteiger partial charge in [-0.05, 0) is 27.4 Å². The normalized spacial score (nSPS) is 12.7. The average molecular weight is 131 g/mol. The fourth-order valence-corrected chi connectivity index (χ4v) is 0.465. The van der Waals surface area contributed by atoms with Crippen molar-refractivity contribution < 1.29 is 0 Å². The molecule has 0 rings (SSSR count). The average Bonchev–Trinajstić information content (AvgIpc) is 1.59. The van der Waals surface area contributed by atoms with E-state index >= 15 is 0 Å². The smallest absolute Gasteiger partial charge is 0.0619 e. The Balaban J connectivity index is 3.28. The summed E-state index contributed by atoms with van der Waals surface area (Å²) in [6, 6.07) is 0. The third-order valence-corrected chi connectivity index (χ3v) is 1.10. The topological polar surface area (TPSA) is 55.3 Å². The van der Waals surface area contributed by atoms with Crippen molar-refractivity contribution in [2.45, 2.75) is 19.0 Å². The van der Waals surface area contributed by atoms with Gasteiger partial charge < -0.3 is 16.4 Å². The molecule has 4 N–H and O–H groups in total. The summed E-state index contributed by atoms with van der Waals surface area (Å²) < 4.78 is 0. The highest BCUT2D eigenvalue weighted by molar-refractivity contribution is 4.70. The highest BCUT2D eigenvalue weighted by atomic mass is 15.1. The van der Waals surface area contributed by atoms with Gasteiger partial charge in [0.25, 0.3) is 0 Å². The third-order valence-electron chi connectivity index (χ3n) is 1.10. The Kier molecular flexibility index (Phi) is 3.11. The zero-order valence-corrected chi connectivity index (χ0v) is 6.52. The van der Waals surface area contributed by atoms with E-state index in [-0.39, 0.29) is 0 Å². The van der Waals surface area contributed by atoms with Gasteiger partial charge in [-0.15, -0.1) is 0 Å². The standard InChI is InChI=1S/C6H17N3/c1-6(7,8)4-5-9(2)3/h4-5,7-8H2,1-3H3. The molecule has 3 heteroatoms. The van der Waals surface area contributed by atoms with Gasteiger partial charge in [-0.3, -0.25) is 0 Å². The zero-order chi connectivity index (χ0) is 7.49. The molecule has 9 heavy (non-hydrogen) atoms. The number of nitrogens with two attached hydrogens (primary N) is 2. The summed E-state index contributed by atoms with van der Waals surface area (Å²) in [5.41, 5.74) is 10.6. The molecule has 0 heterocycles. The molecule has 0 aromatic rings. The lowest BCUT2D eigenvalue weighted by molar-refractivity contribution is 0.335. The first-order chi connectivity index (χ1) is 3.92. The molecule has 0 saturated carbocycles. The van der Waals surface area contributed by atoms with Crippen LogP contribution in [0.4, 0.5) is 0 Å². The van der Waals surface area contributed by atoms with Crippen LogP contribution in [0.2, 0.25) is 0 Å². The van der Waals surface area contributed by atoms with Crippen molar-refractivity contribution in [1.29, 1.82) is 0 Å². The lowest BCUT2D eigenvalue weighted by Gasteiger charge is -2.20. The van der Waals surface area contributed by atoms with Gasteiger partial charge in [-0.1, -0.05) is 0 Å². The Morgan fingerprint density at radius 2 is 1.78 bits per heavy atom. The number of hydrogen-bond donors (Lipinski definition) is 2. The molecular formula is C6H17N3.